The zero-order valence-corrected chi connectivity index (χ0v) is 12.4. The van der Waals surface area contributed by atoms with Crippen LogP contribution in [-0.4, -0.2) is 18.5 Å². The fourth-order valence-corrected chi connectivity index (χ4v) is 10.0. The minimum atomic E-state index is -4.36. The van der Waals surface area contributed by atoms with Crippen molar-refractivity contribution in [2.24, 2.45) is 0 Å². The minimum absolute atomic E-state index is 0.624. The van der Waals surface area contributed by atoms with Gasteiger partial charge in [-0.25, -0.2) is 0 Å². The summed E-state index contributed by atoms with van der Waals surface area (Å²) in [4.78, 5) is 0. The molecule has 1 aliphatic rings. The van der Waals surface area contributed by atoms with Gasteiger partial charge in [0.2, 0.25) is 0 Å². The summed E-state index contributed by atoms with van der Waals surface area (Å²) in [5.41, 5.74) is 0. The Kier molecular flexibility index (Phi) is 4.63. The number of hydrogen-bond acceptors (Lipinski definition) is 4. The number of hydrogen-bond donors (Lipinski definition) is 0. The second-order valence-electron chi connectivity index (χ2n) is 4.61. The van der Waals surface area contributed by atoms with Crippen molar-refractivity contribution in [3.8, 4) is 0 Å². The molecule has 0 atom stereocenters. The Morgan fingerprint density at radius 1 is 1.18 bits per heavy atom. The van der Waals surface area contributed by atoms with Crippen LogP contribution < -0.4 is 14.0 Å². The van der Waals surface area contributed by atoms with Crippen molar-refractivity contribution in [2.45, 2.75) is 40.0 Å². The van der Waals surface area contributed by atoms with Crippen molar-refractivity contribution in [1.82, 2.24) is 0 Å². The van der Waals surface area contributed by atoms with Crippen molar-refractivity contribution in [1.29, 1.82) is 0 Å². The van der Waals surface area contributed by atoms with Gasteiger partial charge in [0, 0.05) is 0 Å². The fourth-order valence-electron chi connectivity index (χ4n) is 2.86. The third-order valence-electron chi connectivity index (χ3n) is 4.21. The molecule has 6 heteroatoms. The first-order chi connectivity index (χ1) is 7.81. The van der Waals surface area contributed by atoms with Gasteiger partial charge in [-0.15, -0.1) is 0 Å². The molecular weight excluding hydrogens is 263 g/mol. The quantitative estimate of drug-likeness (QED) is 0.665. The van der Waals surface area contributed by atoms with E-state index in [1.807, 2.05) is 20.8 Å². The van der Waals surface area contributed by atoms with Crippen LogP contribution in [0.3, 0.4) is 0 Å². The molecule has 0 spiro atoms. The molecule has 17 heavy (non-hydrogen) atoms. The van der Waals surface area contributed by atoms with Crippen LogP contribution in [0.15, 0.2) is 11.4 Å². The van der Waals surface area contributed by atoms with Gasteiger partial charge in [-0.2, -0.15) is 0 Å². The van der Waals surface area contributed by atoms with E-state index in [4.69, 9.17) is 4.08 Å². The fraction of sp³-hybridized carbons (Fsp3) is 0.818. The Morgan fingerprint density at radius 2 is 1.71 bits per heavy atom. The Morgan fingerprint density at radius 3 is 2.00 bits per heavy atom. The molecule has 0 saturated heterocycles. The van der Waals surface area contributed by atoms with Crippen LogP contribution in [0.25, 0.3) is 0 Å². The van der Waals surface area contributed by atoms with Crippen molar-refractivity contribution in [3.05, 3.63) is 11.4 Å². The molecule has 0 N–H and O–H groups in total. The zero-order valence-electron chi connectivity index (χ0n) is 10.8. The van der Waals surface area contributed by atoms with E-state index in [1.165, 1.54) is 0 Å². The van der Waals surface area contributed by atoms with Crippen LogP contribution in [0.5, 0.6) is 0 Å². The molecule has 0 saturated carbocycles. The standard InChI is InChI=1S/C11H22ClO4P/c1-4-17(5-2,6-3,16-12(13,14)15)11-9-7-8-10-11/h9H,4-8,10H2,1-3H3. The van der Waals surface area contributed by atoms with Gasteiger partial charge in [0.1, 0.15) is 0 Å². The van der Waals surface area contributed by atoms with E-state index in [9.17, 15) is 14.0 Å². The molecule has 0 aromatic carbocycles. The SMILES string of the molecule is CCP(CC)(CC)(O[Cl+3]([O-])([O-])[O-])C1=CCCC1. The first kappa shape index (κ1) is 15.4. The molecule has 0 aromatic rings. The van der Waals surface area contributed by atoms with Crippen molar-refractivity contribution in [3.63, 3.8) is 0 Å². The van der Waals surface area contributed by atoms with E-state index in [1.54, 1.807) is 0 Å². The molecule has 0 radical (unpaired) electrons. The van der Waals surface area contributed by atoms with Gasteiger partial charge in [-0.05, 0) is 0 Å². The molecule has 0 fully saturated rings. The van der Waals surface area contributed by atoms with Gasteiger partial charge in [0.15, 0.2) is 0 Å². The molecule has 0 bridgehead atoms. The Balaban J connectivity index is 3.23. The average molecular weight is 285 g/mol. The third-order valence-corrected chi connectivity index (χ3v) is 12.6. The number of rotatable bonds is 6. The van der Waals surface area contributed by atoms with Crippen LogP contribution >= 0.6 is 6.83 Å². The Hall–Kier alpha value is 0.300. The van der Waals surface area contributed by atoms with Crippen molar-refractivity contribution >= 4 is 6.83 Å². The zero-order chi connectivity index (χ0) is 13.2. The van der Waals surface area contributed by atoms with Gasteiger partial charge < -0.3 is 0 Å². The van der Waals surface area contributed by atoms with Gasteiger partial charge in [0.25, 0.3) is 0 Å². The Bertz CT molecular complexity index is 296. The first-order valence-electron chi connectivity index (χ1n) is 6.14. The molecule has 0 amide bonds. The molecule has 0 aromatic heterocycles. The van der Waals surface area contributed by atoms with Gasteiger partial charge in [0.05, 0.1) is 0 Å². The molecule has 0 heterocycles. The average Bonchev–Trinajstić information content (AvgIpc) is 2.79. The predicted molar refractivity (Wildman–Crippen MR) is 61.6 cm³/mol. The molecule has 1 aliphatic carbocycles. The van der Waals surface area contributed by atoms with Gasteiger partial charge in [-0.1, -0.05) is 0 Å². The summed E-state index contributed by atoms with van der Waals surface area (Å²) < 4.78 is 38.5. The molecule has 0 unspecified atom stereocenters. The van der Waals surface area contributed by atoms with E-state index in [-0.39, 0.29) is 0 Å². The van der Waals surface area contributed by atoms with E-state index >= 15 is 0 Å². The normalized spacial score (nSPS) is 19.9. The summed E-state index contributed by atoms with van der Waals surface area (Å²) in [7, 11) is -4.36. The van der Waals surface area contributed by atoms with Crippen LogP contribution in [-0.2, 0) is 4.08 Å². The van der Waals surface area contributed by atoms with Crippen molar-refractivity contribution in [2.75, 3.05) is 18.5 Å². The van der Waals surface area contributed by atoms with Gasteiger partial charge >= 0.3 is 105 Å². The first-order valence-corrected chi connectivity index (χ1v) is 10.1. The van der Waals surface area contributed by atoms with Crippen LogP contribution in [0, 0.1) is 10.2 Å². The summed E-state index contributed by atoms with van der Waals surface area (Å²) in [6, 6.07) is 0. The second kappa shape index (κ2) is 5.12. The van der Waals surface area contributed by atoms with E-state index in [0.717, 1.165) is 24.6 Å². The monoisotopic (exact) mass is 284 g/mol. The van der Waals surface area contributed by atoms with Crippen LogP contribution in [0.2, 0.25) is 0 Å². The molecular formula is C11H22ClO4P. The summed E-state index contributed by atoms with van der Waals surface area (Å²) in [6.07, 6.45) is 6.84. The second-order valence-corrected chi connectivity index (χ2v) is 11.6. The van der Waals surface area contributed by atoms with Crippen molar-refractivity contribution < 1.29 is 28.3 Å². The third kappa shape index (κ3) is 2.83. The maximum absolute atomic E-state index is 11.1. The van der Waals surface area contributed by atoms with Gasteiger partial charge in [-0.3, -0.25) is 0 Å². The molecule has 1 rings (SSSR count). The van der Waals surface area contributed by atoms with E-state index in [2.05, 4.69) is 6.08 Å². The van der Waals surface area contributed by atoms with Crippen LogP contribution in [0.4, 0.5) is 0 Å². The summed E-state index contributed by atoms with van der Waals surface area (Å²) in [5.74, 6) is 0. The molecule has 102 valence electrons. The maximum atomic E-state index is 11.1. The Labute approximate surface area is 105 Å². The number of allylic oxidation sites excluding steroid dienone is 2. The molecule has 4 nitrogen and oxygen atoms in total. The predicted octanol–water partition coefficient (Wildman–Crippen LogP) is 0.496. The summed E-state index contributed by atoms with van der Waals surface area (Å²) in [6.45, 7) is 2.80. The van der Waals surface area contributed by atoms with Crippen LogP contribution in [0.1, 0.15) is 40.0 Å². The van der Waals surface area contributed by atoms with E-state index in [0.29, 0.717) is 18.5 Å². The van der Waals surface area contributed by atoms with E-state index < -0.39 is 17.1 Å². The summed E-state index contributed by atoms with van der Waals surface area (Å²) in [5, 5.41) is 1.11. The number of halogens is 1. The topological polar surface area (TPSA) is 78.4 Å². The summed E-state index contributed by atoms with van der Waals surface area (Å²) >= 11 is 0. The molecule has 0 aliphatic heterocycles.